The monoisotopic (exact) mass is 393 g/mol. The van der Waals surface area contributed by atoms with Crippen molar-refractivity contribution in [3.63, 3.8) is 0 Å². The molecule has 0 amide bonds. The summed E-state index contributed by atoms with van der Waals surface area (Å²) in [5.41, 5.74) is 6.55. The van der Waals surface area contributed by atoms with Gasteiger partial charge in [-0.2, -0.15) is 13.8 Å². The molecule has 25 heavy (non-hydrogen) atoms. The number of aromatic nitrogens is 2. The van der Waals surface area contributed by atoms with E-state index in [4.69, 9.17) is 10.3 Å². The van der Waals surface area contributed by atoms with Crippen LogP contribution in [0, 0.1) is 0 Å². The maximum atomic E-state index is 12.4. The molecule has 0 unspecified atom stereocenters. The average Bonchev–Trinajstić information content (AvgIpc) is 3.17. The fourth-order valence-electron chi connectivity index (χ4n) is 2.81. The first-order valence-corrected chi connectivity index (χ1v) is 9.24. The Kier molecular flexibility index (Phi) is 5.80. The fraction of sp³-hybridized carbons (Fsp3) is 0.467. The third-order valence-electron chi connectivity index (χ3n) is 4.21. The maximum Gasteiger partial charge on any atom is 0.337 e. The van der Waals surface area contributed by atoms with Crippen molar-refractivity contribution < 1.29 is 21.7 Å². The number of halogens is 3. The van der Waals surface area contributed by atoms with Gasteiger partial charge in [-0.3, -0.25) is 0 Å². The molecule has 1 heterocycles. The number of hydrogen-bond acceptors (Lipinski definition) is 6. The van der Waals surface area contributed by atoms with Gasteiger partial charge in [-0.25, -0.2) is 8.42 Å². The smallest absolute Gasteiger partial charge is 0.334 e. The largest absolute Gasteiger partial charge is 0.337 e. The Hall–Kier alpha value is -1.58. The molecule has 2 aromatic rings. The summed E-state index contributed by atoms with van der Waals surface area (Å²) in [7, 11) is -4.45. The van der Waals surface area contributed by atoms with Crippen molar-refractivity contribution in [2.24, 2.45) is 5.73 Å². The van der Waals surface area contributed by atoms with Crippen LogP contribution < -0.4 is 5.73 Å². The SMILES string of the molecule is Cl.NC1(c2noc(-c3ccc(CS(=O)(=O)C(F)F)cc3)n2)CCCC1. The van der Waals surface area contributed by atoms with Crippen LogP contribution >= 0.6 is 12.4 Å². The Morgan fingerprint density at radius 2 is 1.80 bits per heavy atom. The first kappa shape index (κ1) is 19.7. The third kappa shape index (κ3) is 4.16. The van der Waals surface area contributed by atoms with Crippen LogP contribution in [0.25, 0.3) is 11.5 Å². The minimum Gasteiger partial charge on any atom is -0.334 e. The maximum absolute atomic E-state index is 12.4. The molecule has 1 aliphatic rings. The summed E-state index contributed by atoms with van der Waals surface area (Å²) in [6.07, 6.45) is 3.65. The molecule has 2 N–H and O–H groups in total. The zero-order chi connectivity index (χ0) is 17.4. The van der Waals surface area contributed by atoms with E-state index in [9.17, 15) is 17.2 Å². The standard InChI is InChI=1S/C15H17F2N3O3S.ClH/c16-14(17)24(21,22)9-10-3-5-11(6-4-10)12-19-13(20-23-12)15(18)7-1-2-8-15;/h3-6,14H,1-2,7-9,18H2;1H. The lowest BCUT2D eigenvalue weighted by molar-refractivity contribution is 0.234. The Balaban J connectivity index is 0.00000225. The van der Waals surface area contributed by atoms with Gasteiger partial charge in [0, 0.05) is 5.56 Å². The Morgan fingerprint density at radius 3 is 2.36 bits per heavy atom. The molecule has 3 rings (SSSR count). The van der Waals surface area contributed by atoms with Crippen molar-refractivity contribution in [3.8, 4) is 11.5 Å². The predicted octanol–water partition coefficient (Wildman–Crippen LogP) is 3.02. The highest BCUT2D eigenvalue weighted by atomic mass is 35.5. The van der Waals surface area contributed by atoms with Crippen molar-refractivity contribution in [1.29, 1.82) is 0 Å². The first-order valence-electron chi connectivity index (χ1n) is 7.52. The first-order chi connectivity index (χ1) is 11.3. The van der Waals surface area contributed by atoms with Gasteiger partial charge in [-0.05, 0) is 30.5 Å². The van der Waals surface area contributed by atoms with E-state index in [0.717, 1.165) is 25.7 Å². The summed E-state index contributed by atoms with van der Waals surface area (Å²) in [6.45, 7) is 0. The molecule has 0 bridgehead atoms. The second-order valence-electron chi connectivity index (χ2n) is 6.05. The van der Waals surface area contributed by atoms with E-state index in [0.29, 0.717) is 11.4 Å². The number of hydrogen-bond donors (Lipinski definition) is 1. The molecule has 1 fully saturated rings. The van der Waals surface area contributed by atoms with Gasteiger partial charge in [-0.1, -0.05) is 30.1 Å². The molecule has 1 aromatic carbocycles. The van der Waals surface area contributed by atoms with Crippen molar-refractivity contribution in [3.05, 3.63) is 35.7 Å². The molecule has 0 spiro atoms. The van der Waals surface area contributed by atoms with Gasteiger partial charge in [0.2, 0.25) is 9.84 Å². The topological polar surface area (TPSA) is 99.1 Å². The number of sulfone groups is 1. The quantitative estimate of drug-likeness (QED) is 0.838. The van der Waals surface area contributed by atoms with Crippen LogP contribution in [-0.2, 0) is 21.1 Å². The molecule has 1 aliphatic carbocycles. The number of rotatable bonds is 5. The lowest BCUT2D eigenvalue weighted by Gasteiger charge is -2.17. The van der Waals surface area contributed by atoms with Crippen LogP contribution in [0.3, 0.4) is 0 Å². The van der Waals surface area contributed by atoms with Crippen LogP contribution in [0.4, 0.5) is 8.78 Å². The van der Waals surface area contributed by atoms with Crippen LogP contribution in [0.5, 0.6) is 0 Å². The van der Waals surface area contributed by atoms with Crippen LogP contribution in [0.1, 0.15) is 37.1 Å². The zero-order valence-corrected chi connectivity index (χ0v) is 14.8. The molecule has 0 atom stereocenters. The second-order valence-corrected chi connectivity index (χ2v) is 8.02. The van der Waals surface area contributed by atoms with Crippen molar-refractivity contribution in [1.82, 2.24) is 10.1 Å². The van der Waals surface area contributed by atoms with Gasteiger partial charge >= 0.3 is 5.76 Å². The summed E-state index contributed by atoms with van der Waals surface area (Å²) < 4.78 is 52.5. The van der Waals surface area contributed by atoms with Gasteiger partial charge in [0.1, 0.15) is 0 Å². The van der Waals surface area contributed by atoms with E-state index in [1.165, 1.54) is 12.1 Å². The minimum absolute atomic E-state index is 0. The van der Waals surface area contributed by atoms with Gasteiger partial charge in [0.25, 0.3) is 5.89 Å². The van der Waals surface area contributed by atoms with E-state index in [2.05, 4.69) is 10.1 Å². The predicted molar refractivity (Wildman–Crippen MR) is 89.9 cm³/mol. The molecular formula is C15H18ClF2N3O3S. The number of nitrogens with two attached hydrogens (primary N) is 1. The van der Waals surface area contributed by atoms with E-state index in [-0.39, 0.29) is 23.9 Å². The zero-order valence-electron chi connectivity index (χ0n) is 13.2. The molecule has 0 radical (unpaired) electrons. The van der Waals surface area contributed by atoms with Crippen molar-refractivity contribution in [2.75, 3.05) is 0 Å². The van der Waals surface area contributed by atoms with E-state index in [1.807, 2.05) is 0 Å². The lowest BCUT2D eigenvalue weighted by Crippen LogP contribution is -2.34. The molecule has 1 aromatic heterocycles. The summed E-state index contributed by atoms with van der Waals surface area (Å²) in [6, 6.07) is 6.02. The molecule has 10 heteroatoms. The van der Waals surface area contributed by atoms with E-state index >= 15 is 0 Å². The molecule has 1 saturated carbocycles. The van der Waals surface area contributed by atoms with Gasteiger partial charge < -0.3 is 10.3 Å². The highest BCUT2D eigenvalue weighted by Crippen LogP contribution is 2.35. The van der Waals surface area contributed by atoms with E-state index < -0.39 is 26.9 Å². The molecule has 0 saturated heterocycles. The lowest BCUT2D eigenvalue weighted by atomic mass is 9.99. The van der Waals surface area contributed by atoms with Crippen molar-refractivity contribution in [2.45, 2.75) is 42.7 Å². The summed E-state index contributed by atoms with van der Waals surface area (Å²) in [5, 5.41) is 3.95. The highest BCUT2D eigenvalue weighted by molar-refractivity contribution is 7.90. The third-order valence-corrected chi connectivity index (χ3v) is 5.49. The number of benzene rings is 1. The summed E-state index contributed by atoms with van der Waals surface area (Å²) >= 11 is 0. The van der Waals surface area contributed by atoms with Gasteiger partial charge in [-0.15, -0.1) is 12.4 Å². The van der Waals surface area contributed by atoms with Gasteiger partial charge in [0.15, 0.2) is 5.82 Å². The second kappa shape index (κ2) is 7.35. The highest BCUT2D eigenvalue weighted by Gasteiger charge is 2.36. The Bertz CT molecular complexity index is 819. The summed E-state index contributed by atoms with van der Waals surface area (Å²) in [5.74, 6) is -3.38. The van der Waals surface area contributed by atoms with Crippen LogP contribution in [-0.4, -0.2) is 24.3 Å². The Morgan fingerprint density at radius 1 is 1.20 bits per heavy atom. The van der Waals surface area contributed by atoms with Crippen LogP contribution in [0.2, 0.25) is 0 Å². The minimum atomic E-state index is -4.45. The number of alkyl halides is 2. The fourth-order valence-corrected chi connectivity index (χ4v) is 3.59. The Labute approximate surface area is 150 Å². The van der Waals surface area contributed by atoms with E-state index in [1.54, 1.807) is 12.1 Å². The van der Waals surface area contributed by atoms with Gasteiger partial charge in [0.05, 0.1) is 11.3 Å². The molecule has 6 nitrogen and oxygen atoms in total. The number of nitrogens with zero attached hydrogens (tertiary/aromatic N) is 2. The summed E-state index contributed by atoms with van der Waals surface area (Å²) in [4.78, 5) is 4.33. The molecule has 0 aliphatic heterocycles. The normalized spacial score (nSPS) is 16.8. The molecular weight excluding hydrogens is 376 g/mol. The average molecular weight is 394 g/mol. The molecule has 138 valence electrons. The van der Waals surface area contributed by atoms with Crippen LogP contribution in [0.15, 0.2) is 28.8 Å². The van der Waals surface area contributed by atoms with Crippen molar-refractivity contribution >= 4 is 22.2 Å².